The summed E-state index contributed by atoms with van der Waals surface area (Å²) in [6.07, 6.45) is -0.520. The van der Waals surface area contributed by atoms with E-state index in [1.54, 1.807) is 12.1 Å². The zero-order valence-electron chi connectivity index (χ0n) is 12.6. The van der Waals surface area contributed by atoms with Crippen LogP contribution in [-0.4, -0.2) is 23.9 Å². The second kappa shape index (κ2) is 5.89. The molecule has 1 atom stereocenters. The molecule has 0 saturated carbocycles. The molecule has 1 heterocycles. The van der Waals surface area contributed by atoms with Crippen molar-refractivity contribution in [3.8, 4) is 5.75 Å². The van der Waals surface area contributed by atoms with Gasteiger partial charge in [-0.25, -0.2) is 4.39 Å². The summed E-state index contributed by atoms with van der Waals surface area (Å²) < 4.78 is 18.3. The molecule has 2 N–H and O–H groups in total. The number of halogens is 2. The quantitative estimate of drug-likeness (QED) is 0.832. The Morgan fingerprint density at radius 2 is 2.08 bits per heavy atom. The van der Waals surface area contributed by atoms with Crippen molar-refractivity contribution in [2.45, 2.75) is 12.0 Å². The Kier molecular flexibility index (Phi) is 4.03. The monoisotopic (exact) mass is 349 g/mol. The average Bonchev–Trinajstić information content (AvgIpc) is 2.78. The minimum atomic E-state index is -2.04. The van der Waals surface area contributed by atoms with Gasteiger partial charge < -0.3 is 15.2 Å². The summed E-state index contributed by atoms with van der Waals surface area (Å²) >= 11 is 5.92. The molecule has 0 fully saturated rings. The van der Waals surface area contributed by atoms with E-state index in [0.717, 1.165) is 12.1 Å². The zero-order chi connectivity index (χ0) is 17.5. The highest BCUT2D eigenvalue weighted by Crippen LogP contribution is 2.40. The van der Waals surface area contributed by atoms with Crippen molar-refractivity contribution in [3.63, 3.8) is 0 Å². The Hall–Kier alpha value is -2.44. The van der Waals surface area contributed by atoms with Gasteiger partial charge in [0.2, 0.25) is 0 Å². The molecule has 2 aromatic rings. The van der Waals surface area contributed by atoms with Crippen LogP contribution in [0.3, 0.4) is 0 Å². The number of fused-ring (bicyclic) bond motifs is 1. The van der Waals surface area contributed by atoms with Crippen LogP contribution in [-0.2, 0) is 10.4 Å². The van der Waals surface area contributed by atoms with Crippen molar-refractivity contribution < 1.29 is 23.8 Å². The molecule has 2 aromatic carbocycles. The van der Waals surface area contributed by atoms with E-state index < -0.39 is 29.5 Å². The Morgan fingerprint density at radius 3 is 2.79 bits per heavy atom. The van der Waals surface area contributed by atoms with Crippen molar-refractivity contribution in [2.24, 2.45) is 0 Å². The molecule has 0 aromatic heterocycles. The largest absolute Gasteiger partial charge is 0.496 e. The van der Waals surface area contributed by atoms with Gasteiger partial charge in [-0.1, -0.05) is 11.6 Å². The maximum Gasteiger partial charge on any atom is 0.261 e. The zero-order valence-corrected chi connectivity index (χ0v) is 13.4. The SMILES string of the molecule is COc1cc(F)ccc1C(=O)C[C@@]1(O)C(=O)Nc2ccc(Cl)cc21. The van der Waals surface area contributed by atoms with Crippen molar-refractivity contribution in [1.29, 1.82) is 0 Å². The number of hydrogen-bond acceptors (Lipinski definition) is 4. The molecule has 1 aliphatic heterocycles. The highest BCUT2D eigenvalue weighted by molar-refractivity contribution is 6.31. The number of rotatable bonds is 4. The first-order valence-corrected chi connectivity index (χ1v) is 7.43. The Morgan fingerprint density at radius 1 is 1.33 bits per heavy atom. The van der Waals surface area contributed by atoms with Crippen LogP contribution in [0.1, 0.15) is 22.3 Å². The summed E-state index contributed by atoms with van der Waals surface area (Å²) in [5.41, 5.74) is -1.34. The van der Waals surface area contributed by atoms with Crippen LogP contribution in [0.4, 0.5) is 10.1 Å². The number of Topliss-reactive ketones (excluding diaryl/α,β-unsaturated/α-hetero) is 1. The Labute approximate surface area is 142 Å². The van der Waals surface area contributed by atoms with Crippen molar-refractivity contribution in [1.82, 2.24) is 0 Å². The smallest absolute Gasteiger partial charge is 0.261 e. The molecule has 1 aliphatic rings. The van der Waals surface area contributed by atoms with Crippen LogP contribution in [0.25, 0.3) is 0 Å². The summed E-state index contributed by atoms with van der Waals surface area (Å²) in [7, 11) is 1.30. The third kappa shape index (κ3) is 2.64. The number of methoxy groups -OCH3 is 1. The molecule has 0 bridgehead atoms. The maximum atomic E-state index is 13.3. The molecule has 5 nitrogen and oxygen atoms in total. The number of nitrogens with one attached hydrogen (secondary N) is 1. The average molecular weight is 350 g/mol. The summed E-state index contributed by atoms with van der Waals surface area (Å²) in [5, 5.41) is 13.6. The number of anilines is 1. The molecule has 0 aliphatic carbocycles. The normalized spacial score (nSPS) is 18.9. The second-order valence-corrected chi connectivity index (χ2v) is 5.89. The molecule has 0 unspecified atom stereocenters. The lowest BCUT2D eigenvalue weighted by molar-refractivity contribution is -0.133. The first-order chi connectivity index (χ1) is 11.3. The first-order valence-electron chi connectivity index (χ1n) is 7.06. The molecule has 0 spiro atoms. The minimum Gasteiger partial charge on any atom is -0.496 e. The van der Waals surface area contributed by atoms with E-state index in [0.29, 0.717) is 10.7 Å². The van der Waals surface area contributed by atoms with Crippen molar-refractivity contribution in [3.05, 3.63) is 58.4 Å². The summed E-state index contributed by atoms with van der Waals surface area (Å²) in [6.45, 7) is 0. The Balaban J connectivity index is 1.98. The molecule has 0 saturated heterocycles. The number of amides is 1. The van der Waals surface area contributed by atoms with Crippen LogP contribution < -0.4 is 10.1 Å². The third-order valence-electron chi connectivity index (χ3n) is 3.93. The van der Waals surface area contributed by atoms with Gasteiger partial charge in [-0.2, -0.15) is 0 Å². The number of ether oxygens (including phenoxy) is 1. The van der Waals surface area contributed by atoms with Crippen LogP contribution in [0.2, 0.25) is 5.02 Å². The lowest BCUT2D eigenvalue weighted by Crippen LogP contribution is -2.36. The standard InChI is InChI=1S/C17H13ClFNO4/c1-24-15-7-10(19)3-4-11(15)14(21)8-17(23)12-6-9(18)2-5-13(12)20-16(17)22/h2-7,23H,8H2,1H3,(H,20,22)/t17-/m0/s1. The van der Waals surface area contributed by atoms with E-state index in [4.69, 9.17) is 16.3 Å². The molecule has 1 amide bonds. The lowest BCUT2D eigenvalue weighted by Gasteiger charge is -2.20. The fraction of sp³-hybridized carbons (Fsp3) is 0.176. The van der Waals surface area contributed by atoms with Gasteiger partial charge in [-0.15, -0.1) is 0 Å². The van der Waals surface area contributed by atoms with Gasteiger partial charge in [-0.05, 0) is 30.3 Å². The summed E-state index contributed by atoms with van der Waals surface area (Å²) in [5.74, 6) is -1.79. The first kappa shape index (κ1) is 16.4. The second-order valence-electron chi connectivity index (χ2n) is 5.45. The van der Waals surface area contributed by atoms with Gasteiger partial charge in [0.15, 0.2) is 11.4 Å². The predicted molar refractivity (Wildman–Crippen MR) is 85.9 cm³/mol. The highest BCUT2D eigenvalue weighted by atomic mass is 35.5. The van der Waals surface area contributed by atoms with Crippen molar-refractivity contribution >= 4 is 29.0 Å². The fourth-order valence-corrected chi connectivity index (χ4v) is 2.89. The summed E-state index contributed by atoms with van der Waals surface area (Å²) in [6, 6.07) is 7.99. The fourth-order valence-electron chi connectivity index (χ4n) is 2.71. The van der Waals surface area contributed by atoms with E-state index in [1.807, 2.05) is 0 Å². The summed E-state index contributed by atoms with van der Waals surface area (Å²) in [4.78, 5) is 24.8. The van der Waals surface area contributed by atoms with Gasteiger partial charge in [0.25, 0.3) is 5.91 Å². The van der Waals surface area contributed by atoms with Crippen molar-refractivity contribution in [2.75, 3.05) is 12.4 Å². The van der Waals surface area contributed by atoms with Crippen LogP contribution in [0.15, 0.2) is 36.4 Å². The van der Waals surface area contributed by atoms with E-state index in [-0.39, 0.29) is 16.9 Å². The van der Waals surface area contributed by atoms with Gasteiger partial charge >= 0.3 is 0 Å². The minimum absolute atomic E-state index is 0.0355. The van der Waals surface area contributed by atoms with Crippen LogP contribution >= 0.6 is 11.6 Å². The third-order valence-corrected chi connectivity index (χ3v) is 4.17. The molecular formula is C17H13ClFNO4. The van der Waals surface area contributed by atoms with E-state index in [9.17, 15) is 19.1 Å². The molecule has 0 radical (unpaired) electrons. The number of carbonyl (C=O) groups excluding carboxylic acids is 2. The van der Waals surface area contributed by atoms with Gasteiger partial charge in [-0.3, -0.25) is 9.59 Å². The topological polar surface area (TPSA) is 75.6 Å². The van der Waals surface area contributed by atoms with E-state index in [1.165, 1.54) is 19.2 Å². The van der Waals surface area contributed by atoms with Gasteiger partial charge in [0, 0.05) is 22.3 Å². The number of ketones is 1. The number of carbonyl (C=O) groups is 2. The molecule has 3 rings (SSSR count). The Bertz CT molecular complexity index is 854. The lowest BCUT2D eigenvalue weighted by atomic mass is 9.88. The van der Waals surface area contributed by atoms with Crippen LogP contribution in [0.5, 0.6) is 5.75 Å². The van der Waals surface area contributed by atoms with Gasteiger partial charge in [0.05, 0.1) is 19.1 Å². The maximum absolute atomic E-state index is 13.3. The van der Waals surface area contributed by atoms with Crippen LogP contribution in [0, 0.1) is 5.82 Å². The van der Waals surface area contributed by atoms with E-state index in [2.05, 4.69) is 5.32 Å². The van der Waals surface area contributed by atoms with E-state index >= 15 is 0 Å². The molecule has 124 valence electrons. The predicted octanol–water partition coefficient (Wildman–Crippen LogP) is 2.90. The molecule has 7 heteroatoms. The number of hydrogen-bond donors (Lipinski definition) is 2. The number of aliphatic hydroxyl groups is 1. The highest BCUT2D eigenvalue weighted by Gasteiger charge is 2.47. The molecular weight excluding hydrogens is 337 g/mol. The molecule has 24 heavy (non-hydrogen) atoms. The number of benzene rings is 2. The van der Waals surface area contributed by atoms with Gasteiger partial charge in [0.1, 0.15) is 11.6 Å².